The normalized spacial score (nSPS) is 10.6. The number of nitrogen functional groups attached to an aromatic ring is 1. The number of nitrogens with zero attached hydrogens (tertiary/aromatic N) is 1. The minimum Gasteiger partial charge on any atom is -0.466 e. The summed E-state index contributed by atoms with van der Waals surface area (Å²) in [5.41, 5.74) is 7.05. The molecule has 0 radical (unpaired) electrons. The van der Waals surface area contributed by atoms with Gasteiger partial charge in [0, 0.05) is 0 Å². The number of hydrogen-bond donors (Lipinski definition) is 1. The van der Waals surface area contributed by atoms with Crippen molar-refractivity contribution in [3.63, 3.8) is 0 Å². The van der Waals surface area contributed by atoms with Gasteiger partial charge >= 0.3 is 0 Å². The molecule has 0 aliphatic rings. The van der Waals surface area contributed by atoms with E-state index in [9.17, 15) is 0 Å². The van der Waals surface area contributed by atoms with Crippen molar-refractivity contribution in [3.8, 4) is 11.3 Å². The molecule has 0 saturated carbocycles. The molecular weight excluding hydrogens is 168 g/mol. The minimum atomic E-state index is 0.531. The van der Waals surface area contributed by atoms with Crippen molar-refractivity contribution in [2.45, 2.75) is 13.8 Å². The molecule has 13 heavy (non-hydrogen) atoms. The van der Waals surface area contributed by atoms with Gasteiger partial charge in [-0.05, 0) is 19.9 Å². The summed E-state index contributed by atoms with van der Waals surface area (Å²) in [6, 6.07) is 1.88. The topological polar surface area (TPSA) is 65.2 Å². The van der Waals surface area contributed by atoms with Gasteiger partial charge in [-0.2, -0.15) is 0 Å². The zero-order valence-electron chi connectivity index (χ0n) is 7.50. The van der Waals surface area contributed by atoms with Gasteiger partial charge in [-0.3, -0.25) is 0 Å². The molecule has 0 fully saturated rings. The molecule has 0 saturated heterocycles. The Morgan fingerprint density at radius 2 is 2.15 bits per heavy atom. The van der Waals surface area contributed by atoms with Crippen LogP contribution in [0, 0.1) is 13.8 Å². The van der Waals surface area contributed by atoms with Crippen LogP contribution in [0.5, 0.6) is 0 Å². The summed E-state index contributed by atoms with van der Waals surface area (Å²) in [6.07, 6.45) is 1.48. The number of anilines is 1. The van der Waals surface area contributed by atoms with Gasteiger partial charge in [-0.1, -0.05) is 5.16 Å². The zero-order chi connectivity index (χ0) is 9.42. The Kier molecular flexibility index (Phi) is 1.62. The first-order valence-corrected chi connectivity index (χ1v) is 3.96. The smallest absolute Gasteiger partial charge is 0.193 e. The maximum Gasteiger partial charge on any atom is 0.193 e. The van der Waals surface area contributed by atoms with Gasteiger partial charge in [0.1, 0.15) is 17.2 Å². The van der Waals surface area contributed by atoms with E-state index in [1.807, 2.05) is 19.9 Å². The number of nitrogens with two attached hydrogens (primary N) is 1. The quantitative estimate of drug-likeness (QED) is 0.726. The molecule has 2 aromatic heterocycles. The fourth-order valence-electron chi connectivity index (χ4n) is 1.31. The molecule has 4 nitrogen and oxygen atoms in total. The maximum absolute atomic E-state index is 5.65. The van der Waals surface area contributed by atoms with Gasteiger partial charge in [0.25, 0.3) is 0 Å². The Morgan fingerprint density at radius 3 is 2.62 bits per heavy atom. The predicted octanol–water partition coefficient (Wildman–Crippen LogP) is 2.13. The van der Waals surface area contributed by atoms with Crippen LogP contribution in [-0.2, 0) is 0 Å². The highest BCUT2D eigenvalue weighted by Crippen LogP contribution is 2.30. The molecule has 0 spiro atoms. The van der Waals surface area contributed by atoms with Gasteiger partial charge < -0.3 is 14.7 Å². The average molecular weight is 178 g/mol. The highest BCUT2D eigenvalue weighted by molar-refractivity contribution is 5.71. The molecule has 0 aliphatic carbocycles. The van der Waals surface area contributed by atoms with Crippen molar-refractivity contribution in [2.75, 3.05) is 5.73 Å². The second kappa shape index (κ2) is 2.65. The van der Waals surface area contributed by atoms with E-state index in [-0.39, 0.29) is 0 Å². The monoisotopic (exact) mass is 178 g/mol. The van der Waals surface area contributed by atoms with Gasteiger partial charge in [0.2, 0.25) is 0 Å². The lowest BCUT2D eigenvalue weighted by molar-refractivity contribution is 0.430. The van der Waals surface area contributed by atoms with Crippen LogP contribution in [0.3, 0.4) is 0 Å². The van der Waals surface area contributed by atoms with Gasteiger partial charge in [0.15, 0.2) is 5.76 Å². The number of aryl methyl sites for hydroxylation is 2. The highest BCUT2D eigenvalue weighted by Gasteiger charge is 2.13. The first-order chi connectivity index (χ1) is 6.18. The van der Waals surface area contributed by atoms with Crippen molar-refractivity contribution < 1.29 is 8.94 Å². The van der Waals surface area contributed by atoms with Crippen molar-refractivity contribution >= 4 is 5.69 Å². The van der Waals surface area contributed by atoms with Crippen LogP contribution in [0.2, 0.25) is 0 Å². The molecular formula is C9H10N2O2. The molecule has 0 aliphatic heterocycles. The third kappa shape index (κ3) is 1.20. The van der Waals surface area contributed by atoms with Crippen LogP contribution in [-0.4, -0.2) is 5.16 Å². The molecule has 2 heterocycles. The lowest BCUT2D eigenvalue weighted by atomic mass is 10.2. The molecule has 68 valence electrons. The standard InChI is InChI=1S/C9H10N2O2/c1-5-3-7(6(2)12-5)9-8(10)4-11-13-9/h3-4H,10H2,1-2H3. The first-order valence-electron chi connectivity index (χ1n) is 3.96. The Morgan fingerprint density at radius 1 is 1.38 bits per heavy atom. The Labute approximate surface area is 75.3 Å². The molecule has 0 bridgehead atoms. The molecule has 0 unspecified atom stereocenters. The zero-order valence-corrected chi connectivity index (χ0v) is 7.50. The van der Waals surface area contributed by atoms with Gasteiger partial charge in [-0.25, -0.2) is 0 Å². The van der Waals surface area contributed by atoms with Crippen LogP contribution >= 0.6 is 0 Å². The van der Waals surface area contributed by atoms with Crippen LogP contribution in [0.4, 0.5) is 5.69 Å². The fraction of sp³-hybridized carbons (Fsp3) is 0.222. The molecule has 2 aromatic rings. The summed E-state index contributed by atoms with van der Waals surface area (Å²) < 4.78 is 10.4. The van der Waals surface area contributed by atoms with Crippen molar-refractivity contribution in [1.82, 2.24) is 5.16 Å². The number of aromatic nitrogens is 1. The number of hydrogen-bond acceptors (Lipinski definition) is 4. The van der Waals surface area contributed by atoms with E-state index in [4.69, 9.17) is 14.7 Å². The third-order valence-corrected chi connectivity index (χ3v) is 1.88. The summed E-state index contributed by atoms with van der Waals surface area (Å²) in [5.74, 6) is 2.21. The van der Waals surface area contributed by atoms with Crippen molar-refractivity contribution in [3.05, 3.63) is 23.8 Å². The van der Waals surface area contributed by atoms with Crippen LogP contribution < -0.4 is 5.73 Å². The Balaban J connectivity index is 2.58. The molecule has 2 rings (SSSR count). The first kappa shape index (κ1) is 7.91. The van der Waals surface area contributed by atoms with Gasteiger partial charge in [0.05, 0.1) is 11.8 Å². The fourth-order valence-corrected chi connectivity index (χ4v) is 1.31. The molecule has 0 aromatic carbocycles. The summed E-state index contributed by atoms with van der Waals surface area (Å²) in [7, 11) is 0. The highest BCUT2D eigenvalue weighted by atomic mass is 16.5. The minimum absolute atomic E-state index is 0.531. The van der Waals surface area contributed by atoms with E-state index in [0.717, 1.165) is 17.1 Å². The second-order valence-electron chi connectivity index (χ2n) is 2.94. The number of rotatable bonds is 1. The molecule has 2 N–H and O–H groups in total. The van der Waals surface area contributed by atoms with E-state index < -0.39 is 0 Å². The van der Waals surface area contributed by atoms with E-state index in [1.54, 1.807) is 0 Å². The summed E-state index contributed by atoms with van der Waals surface area (Å²) in [6.45, 7) is 3.74. The molecule has 0 atom stereocenters. The van der Waals surface area contributed by atoms with E-state index in [1.165, 1.54) is 6.20 Å². The van der Waals surface area contributed by atoms with Crippen LogP contribution in [0.1, 0.15) is 11.5 Å². The van der Waals surface area contributed by atoms with Crippen LogP contribution in [0.25, 0.3) is 11.3 Å². The maximum atomic E-state index is 5.65. The largest absolute Gasteiger partial charge is 0.466 e. The van der Waals surface area contributed by atoms with E-state index in [2.05, 4.69) is 5.16 Å². The summed E-state index contributed by atoms with van der Waals surface area (Å²) in [4.78, 5) is 0. The Bertz CT molecular complexity index is 429. The summed E-state index contributed by atoms with van der Waals surface area (Å²) in [5, 5.41) is 3.61. The number of furan rings is 1. The van der Waals surface area contributed by atoms with Crippen molar-refractivity contribution in [1.29, 1.82) is 0 Å². The second-order valence-corrected chi connectivity index (χ2v) is 2.94. The molecule has 4 heteroatoms. The average Bonchev–Trinajstić information content (AvgIpc) is 2.58. The third-order valence-electron chi connectivity index (χ3n) is 1.88. The van der Waals surface area contributed by atoms with E-state index in [0.29, 0.717) is 11.4 Å². The predicted molar refractivity (Wildman–Crippen MR) is 48.1 cm³/mol. The SMILES string of the molecule is Cc1cc(-c2oncc2N)c(C)o1. The van der Waals surface area contributed by atoms with Crippen LogP contribution in [0.15, 0.2) is 21.2 Å². The van der Waals surface area contributed by atoms with Crippen molar-refractivity contribution in [2.24, 2.45) is 0 Å². The lowest BCUT2D eigenvalue weighted by Crippen LogP contribution is -1.84. The Hall–Kier alpha value is -1.71. The molecule has 0 amide bonds. The van der Waals surface area contributed by atoms with E-state index >= 15 is 0 Å². The summed E-state index contributed by atoms with van der Waals surface area (Å²) >= 11 is 0. The van der Waals surface area contributed by atoms with Gasteiger partial charge in [-0.15, -0.1) is 0 Å². The lowest BCUT2D eigenvalue weighted by Gasteiger charge is -1.92.